The molecule has 0 radical (unpaired) electrons. The van der Waals surface area contributed by atoms with Crippen LogP contribution in [0.15, 0.2) is 34.3 Å². The molecule has 0 fully saturated rings. The minimum atomic E-state index is -3.61. The van der Waals surface area contributed by atoms with Crippen LogP contribution in [0.4, 0.5) is 5.00 Å². The number of methoxy groups -OCH3 is 1. The lowest BCUT2D eigenvalue weighted by atomic mass is 10.1. The number of thiophene rings is 1. The Morgan fingerprint density at radius 3 is 2.43 bits per heavy atom. The third-order valence-corrected chi connectivity index (χ3v) is 9.30. The molecule has 1 atom stereocenters. The van der Waals surface area contributed by atoms with Gasteiger partial charge in [-0.3, -0.25) is 4.79 Å². The molecule has 3 aromatic rings. The number of aryl methyl sites for hydroxylation is 2. The molecule has 0 aliphatic rings. The lowest BCUT2D eigenvalue weighted by Crippen LogP contribution is -2.23. The van der Waals surface area contributed by atoms with Crippen LogP contribution in [-0.4, -0.2) is 47.4 Å². The van der Waals surface area contributed by atoms with E-state index in [9.17, 15) is 18.0 Å². The number of nitrogens with one attached hydrogen (secondary N) is 1. The second-order valence-electron chi connectivity index (χ2n) is 7.94. The van der Waals surface area contributed by atoms with Crippen LogP contribution in [-0.2, 0) is 31.7 Å². The number of thioether (sulfide) groups is 1. The highest BCUT2D eigenvalue weighted by Crippen LogP contribution is 2.34. The number of carbonyl (C=O) groups is 2. The topological polar surface area (TPSA) is 120 Å². The molecule has 188 valence electrons. The Morgan fingerprint density at radius 2 is 1.83 bits per heavy atom. The predicted octanol–water partition coefficient (Wildman–Crippen LogP) is 4.16. The van der Waals surface area contributed by atoms with E-state index < -0.39 is 21.1 Å². The highest BCUT2D eigenvalue weighted by atomic mass is 32.2. The van der Waals surface area contributed by atoms with Gasteiger partial charge in [0.05, 0.1) is 22.8 Å². The van der Waals surface area contributed by atoms with Gasteiger partial charge in [-0.05, 0) is 52.3 Å². The number of ether oxygens (including phenoxy) is 1. The first-order valence-electron chi connectivity index (χ1n) is 10.9. The van der Waals surface area contributed by atoms with Crippen molar-refractivity contribution in [3.05, 3.63) is 51.7 Å². The second kappa shape index (κ2) is 10.9. The van der Waals surface area contributed by atoms with Gasteiger partial charge in [-0.2, -0.15) is 0 Å². The summed E-state index contributed by atoms with van der Waals surface area (Å²) < 4.78 is 32.3. The van der Waals surface area contributed by atoms with Crippen LogP contribution in [0.25, 0.3) is 0 Å². The Balaban J connectivity index is 1.77. The van der Waals surface area contributed by atoms with E-state index in [0.29, 0.717) is 28.1 Å². The van der Waals surface area contributed by atoms with Gasteiger partial charge in [0.2, 0.25) is 5.91 Å². The molecule has 35 heavy (non-hydrogen) atoms. The molecule has 2 heterocycles. The fourth-order valence-electron chi connectivity index (χ4n) is 3.32. The van der Waals surface area contributed by atoms with Gasteiger partial charge in [-0.1, -0.05) is 29.5 Å². The molecule has 1 aromatic carbocycles. The molecule has 1 amide bonds. The Labute approximate surface area is 213 Å². The molecule has 0 aliphatic heterocycles. The highest BCUT2D eigenvalue weighted by Gasteiger charge is 2.26. The van der Waals surface area contributed by atoms with Crippen molar-refractivity contribution < 1.29 is 22.7 Å². The van der Waals surface area contributed by atoms with E-state index in [1.807, 2.05) is 27.7 Å². The van der Waals surface area contributed by atoms with Crippen molar-refractivity contribution >= 4 is 49.8 Å². The molecular formula is C23H28N4O5S3. The number of esters is 1. The molecular weight excluding hydrogens is 508 g/mol. The molecule has 2 aromatic heterocycles. The number of sulfone groups is 1. The number of aromatic nitrogens is 3. The zero-order valence-corrected chi connectivity index (χ0v) is 22.9. The van der Waals surface area contributed by atoms with Gasteiger partial charge in [-0.15, -0.1) is 21.5 Å². The first-order valence-corrected chi connectivity index (χ1v) is 14.2. The van der Waals surface area contributed by atoms with E-state index in [1.165, 1.54) is 30.2 Å². The SMILES string of the molecule is CCn1c(CS(=O)(=O)c2ccc(C)cc2)nnc1SC(C)C(=O)Nc1sc(C)c(C)c1C(=O)OC. The van der Waals surface area contributed by atoms with Crippen LogP contribution in [0.1, 0.15) is 46.0 Å². The Bertz CT molecular complexity index is 1340. The molecule has 0 saturated heterocycles. The van der Waals surface area contributed by atoms with E-state index in [2.05, 4.69) is 15.5 Å². The smallest absolute Gasteiger partial charge is 0.341 e. The lowest BCUT2D eigenvalue weighted by molar-refractivity contribution is -0.115. The summed E-state index contributed by atoms with van der Waals surface area (Å²) in [4.78, 5) is 26.2. The van der Waals surface area contributed by atoms with Crippen LogP contribution >= 0.6 is 23.1 Å². The molecule has 1 unspecified atom stereocenters. The maximum atomic E-state index is 12.9. The zero-order valence-electron chi connectivity index (χ0n) is 20.4. The number of nitrogens with zero attached hydrogens (tertiary/aromatic N) is 3. The largest absolute Gasteiger partial charge is 0.465 e. The minimum absolute atomic E-state index is 0.221. The highest BCUT2D eigenvalue weighted by molar-refractivity contribution is 8.00. The number of rotatable bonds is 9. The van der Waals surface area contributed by atoms with Crippen LogP contribution in [0, 0.1) is 20.8 Å². The van der Waals surface area contributed by atoms with Gasteiger partial charge in [0, 0.05) is 11.4 Å². The van der Waals surface area contributed by atoms with E-state index in [0.717, 1.165) is 16.0 Å². The summed E-state index contributed by atoms with van der Waals surface area (Å²) >= 11 is 2.48. The number of hydrogen-bond donors (Lipinski definition) is 1. The molecule has 0 saturated carbocycles. The number of anilines is 1. The molecule has 1 N–H and O–H groups in total. The standard InChI is InChI=1S/C23H28N4O5S3/c1-7-27-18(12-35(30,31)17-10-8-13(2)9-11-17)25-26-23(27)34-16(5)20(28)24-21-19(22(29)32-6)14(3)15(4)33-21/h8-11,16H,7,12H2,1-6H3,(H,24,28). The van der Waals surface area contributed by atoms with Crippen molar-refractivity contribution in [3.8, 4) is 0 Å². The summed E-state index contributed by atoms with van der Waals surface area (Å²) in [5.41, 5.74) is 2.08. The third-order valence-electron chi connectivity index (χ3n) is 5.47. The van der Waals surface area contributed by atoms with Gasteiger partial charge in [-0.25, -0.2) is 13.2 Å². The summed E-state index contributed by atoms with van der Waals surface area (Å²) in [6.45, 7) is 9.58. The summed E-state index contributed by atoms with van der Waals surface area (Å²) in [6.07, 6.45) is 0. The third kappa shape index (κ3) is 5.93. The minimum Gasteiger partial charge on any atom is -0.465 e. The monoisotopic (exact) mass is 536 g/mol. The Hall–Kier alpha value is -2.70. The van der Waals surface area contributed by atoms with E-state index in [-0.39, 0.29) is 16.6 Å². The lowest BCUT2D eigenvalue weighted by Gasteiger charge is -2.13. The first kappa shape index (κ1) is 26.9. The second-order valence-corrected chi connectivity index (χ2v) is 12.5. The van der Waals surface area contributed by atoms with Crippen molar-refractivity contribution in [1.29, 1.82) is 0 Å². The maximum absolute atomic E-state index is 12.9. The van der Waals surface area contributed by atoms with Crippen LogP contribution in [0.2, 0.25) is 0 Å². The Kier molecular flexibility index (Phi) is 8.39. The van der Waals surface area contributed by atoms with Gasteiger partial charge in [0.25, 0.3) is 0 Å². The van der Waals surface area contributed by atoms with Crippen molar-refractivity contribution in [2.75, 3.05) is 12.4 Å². The van der Waals surface area contributed by atoms with Gasteiger partial charge in [0.15, 0.2) is 15.0 Å². The number of carbonyl (C=O) groups excluding carboxylic acids is 2. The van der Waals surface area contributed by atoms with E-state index in [4.69, 9.17) is 4.74 Å². The fourth-order valence-corrected chi connectivity index (χ4v) is 6.57. The van der Waals surface area contributed by atoms with Crippen molar-refractivity contribution in [2.45, 2.75) is 62.2 Å². The van der Waals surface area contributed by atoms with Crippen LogP contribution in [0.5, 0.6) is 0 Å². The van der Waals surface area contributed by atoms with Crippen molar-refractivity contribution in [3.63, 3.8) is 0 Å². The van der Waals surface area contributed by atoms with Crippen LogP contribution in [0.3, 0.4) is 0 Å². The maximum Gasteiger partial charge on any atom is 0.341 e. The van der Waals surface area contributed by atoms with Gasteiger partial charge >= 0.3 is 5.97 Å². The number of amides is 1. The van der Waals surface area contributed by atoms with Crippen LogP contribution < -0.4 is 5.32 Å². The first-order chi connectivity index (χ1) is 16.5. The average molecular weight is 537 g/mol. The normalized spacial score (nSPS) is 12.4. The zero-order chi connectivity index (χ0) is 25.9. The fraction of sp³-hybridized carbons (Fsp3) is 0.391. The number of benzene rings is 1. The summed E-state index contributed by atoms with van der Waals surface area (Å²) in [5.74, 6) is -0.817. The molecule has 3 rings (SSSR count). The average Bonchev–Trinajstić information content (AvgIpc) is 3.31. The summed E-state index contributed by atoms with van der Waals surface area (Å²) in [7, 11) is -2.31. The molecule has 9 nitrogen and oxygen atoms in total. The molecule has 0 aliphatic carbocycles. The van der Waals surface area contributed by atoms with Crippen molar-refractivity contribution in [1.82, 2.24) is 14.8 Å². The Morgan fingerprint density at radius 1 is 1.17 bits per heavy atom. The summed E-state index contributed by atoms with van der Waals surface area (Å²) in [6, 6.07) is 6.66. The molecule has 0 spiro atoms. The van der Waals surface area contributed by atoms with Crippen molar-refractivity contribution in [2.24, 2.45) is 0 Å². The van der Waals surface area contributed by atoms with E-state index >= 15 is 0 Å². The molecule has 0 bridgehead atoms. The number of hydrogen-bond acceptors (Lipinski definition) is 9. The molecule has 12 heteroatoms. The van der Waals surface area contributed by atoms with Gasteiger partial charge < -0.3 is 14.6 Å². The summed E-state index contributed by atoms with van der Waals surface area (Å²) in [5, 5.41) is 11.4. The quantitative estimate of drug-likeness (QED) is 0.320. The predicted molar refractivity (Wildman–Crippen MR) is 137 cm³/mol. The van der Waals surface area contributed by atoms with E-state index in [1.54, 1.807) is 35.8 Å². The van der Waals surface area contributed by atoms with Gasteiger partial charge in [0.1, 0.15) is 16.6 Å².